The van der Waals surface area contributed by atoms with E-state index in [-0.39, 0.29) is 5.79 Å². The maximum absolute atomic E-state index is 6.34. The minimum absolute atomic E-state index is 0.272. The Bertz CT molecular complexity index is 412. The summed E-state index contributed by atoms with van der Waals surface area (Å²) in [4.78, 5) is 0. The molecule has 1 saturated heterocycles. The van der Waals surface area contributed by atoms with E-state index in [1.807, 2.05) is 0 Å². The Kier molecular flexibility index (Phi) is 2.47. The number of ether oxygens (including phenoxy) is 1. The molecule has 3 atom stereocenters. The van der Waals surface area contributed by atoms with Gasteiger partial charge in [0.2, 0.25) is 0 Å². The molecule has 3 rings (SSSR count). The fraction of sp³-hybridized carbons (Fsp3) is 0.571. The zero-order valence-corrected chi connectivity index (χ0v) is 11.8. The summed E-state index contributed by atoms with van der Waals surface area (Å²) in [7, 11) is -1.55. The van der Waals surface area contributed by atoms with Crippen LogP contribution in [0.4, 0.5) is 0 Å². The van der Waals surface area contributed by atoms with E-state index in [1.54, 1.807) is 0 Å². The lowest BCUT2D eigenvalue weighted by molar-refractivity contribution is -0.0951. The number of benzene rings is 1. The molecule has 2 aliphatic rings. The van der Waals surface area contributed by atoms with E-state index in [0.717, 1.165) is 13.0 Å². The summed E-state index contributed by atoms with van der Waals surface area (Å²) in [5, 5.41) is 0. The van der Waals surface area contributed by atoms with Gasteiger partial charge in [-0.2, -0.15) is 0 Å². The lowest BCUT2D eigenvalue weighted by Crippen LogP contribution is -2.35. The van der Waals surface area contributed by atoms with E-state index in [4.69, 9.17) is 9.16 Å². The summed E-state index contributed by atoms with van der Waals surface area (Å²) < 4.78 is 12.3. The second-order valence-electron chi connectivity index (χ2n) is 6.07. The summed E-state index contributed by atoms with van der Waals surface area (Å²) in [5.74, 6) is 0.770. The highest BCUT2D eigenvalue weighted by molar-refractivity contribution is 6.69. The van der Waals surface area contributed by atoms with Crippen molar-refractivity contribution in [2.75, 3.05) is 6.61 Å². The third-order valence-corrected chi connectivity index (χ3v) is 4.56. The average molecular weight is 248 g/mol. The highest BCUT2D eigenvalue weighted by atomic mass is 28.4. The topological polar surface area (TPSA) is 18.5 Å². The van der Waals surface area contributed by atoms with Crippen LogP contribution in [0.25, 0.3) is 0 Å². The van der Waals surface area contributed by atoms with Crippen LogP contribution in [0.1, 0.15) is 17.9 Å². The first kappa shape index (κ1) is 11.4. The van der Waals surface area contributed by atoms with E-state index in [0.29, 0.717) is 11.8 Å². The second-order valence-corrected chi connectivity index (χ2v) is 10.5. The quantitative estimate of drug-likeness (QED) is 0.764. The van der Waals surface area contributed by atoms with Gasteiger partial charge in [0, 0.05) is 11.8 Å². The maximum Gasteiger partial charge on any atom is 0.187 e. The zero-order valence-electron chi connectivity index (χ0n) is 10.8. The van der Waals surface area contributed by atoms with Crippen molar-refractivity contribution in [2.45, 2.75) is 37.8 Å². The molecule has 0 radical (unpaired) electrons. The summed E-state index contributed by atoms with van der Waals surface area (Å²) in [6, 6.07) is 10.7. The Morgan fingerprint density at radius 1 is 1.24 bits per heavy atom. The molecule has 92 valence electrons. The predicted molar refractivity (Wildman–Crippen MR) is 70.4 cm³/mol. The molecule has 0 amide bonds. The molecule has 2 fully saturated rings. The van der Waals surface area contributed by atoms with Crippen molar-refractivity contribution in [1.29, 1.82) is 0 Å². The van der Waals surface area contributed by atoms with Crippen LogP contribution in [0.2, 0.25) is 19.6 Å². The van der Waals surface area contributed by atoms with Crippen LogP contribution in [-0.4, -0.2) is 20.7 Å². The number of fused-ring (bicyclic) bond motifs is 1. The monoisotopic (exact) mass is 248 g/mol. The van der Waals surface area contributed by atoms with Crippen molar-refractivity contribution in [3.63, 3.8) is 0 Å². The number of rotatable bonds is 3. The van der Waals surface area contributed by atoms with Crippen LogP contribution in [-0.2, 0) is 9.16 Å². The Hall–Kier alpha value is -0.643. The Labute approximate surface area is 104 Å². The SMILES string of the molecule is C[Si](C)(C)O[C@]12OCC[C@H]1[C@H]2c1ccccc1. The molecule has 1 heterocycles. The van der Waals surface area contributed by atoms with Crippen LogP contribution in [0.5, 0.6) is 0 Å². The fourth-order valence-corrected chi connectivity index (χ4v) is 4.38. The van der Waals surface area contributed by atoms with Gasteiger partial charge < -0.3 is 9.16 Å². The van der Waals surface area contributed by atoms with Crippen LogP contribution in [0.3, 0.4) is 0 Å². The molecule has 1 aromatic rings. The minimum Gasteiger partial charge on any atom is -0.390 e. The molecule has 1 aliphatic heterocycles. The minimum atomic E-state index is -1.55. The fourth-order valence-electron chi connectivity index (χ4n) is 3.09. The summed E-state index contributed by atoms with van der Waals surface area (Å²) in [6.45, 7) is 7.57. The molecule has 17 heavy (non-hydrogen) atoms. The molecule has 1 aliphatic carbocycles. The van der Waals surface area contributed by atoms with Crippen LogP contribution in [0, 0.1) is 5.92 Å². The molecular weight excluding hydrogens is 228 g/mol. The Morgan fingerprint density at radius 3 is 2.59 bits per heavy atom. The van der Waals surface area contributed by atoms with Gasteiger partial charge in [0.1, 0.15) is 0 Å². The van der Waals surface area contributed by atoms with Crippen molar-refractivity contribution in [1.82, 2.24) is 0 Å². The van der Waals surface area contributed by atoms with Crippen molar-refractivity contribution < 1.29 is 9.16 Å². The highest BCUT2D eigenvalue weighted by Gasteiger charge is 2.71. The Balaban J connectivity index is 1.85. The molecule has 0 aromatic heterocycles. The van der Waals surface area contributed by atoms with Crippen molar-refractivity contribution in [3.05, 3.63) is 35.9 Å². The molecule has 3 heteroatoms. The van der Waals surface area contributed by atoms with Crippen molar-refractivity contribution in [2.24, 2.45) is 5.92 Å². The Morgan fingerprint density at radius 2 is 1.94 bits per heavy atom. The molecule has 1 saturated carbocycles. The molecular formula is C14H20O2Si. The third-order valence-electron chi connectivity index (χ3n) is 3.62. The first-order valence-corrected chi connectivity index (χ1v) is 9.83. The van der Waals surface area contributed by atoms with Crippen LogP contribution in [0.15, 0.2) is 30.3 Å². The van der Waals surface area contributed by atoms with E-state index in [2.05, 4.69) is 50.0 Å². The normalized spacial score (nSPS) is 35.7. The molecule has 2 nitrogen and oxygen atoms in total. The van der Waals surface area contributed by atoms with E-state index in [1.165, 1.54) is 5.56 Å². The first-order valence-electron chi connectivity index (χ1n) is 6.42. The third kappa shape index (κ3) is 1.86. The van der Waals surface area contributed by atoms with Crippen LogP contribution >= 0.6 is 0 Å². The lowest BCUT2D eigenvalue weighted by atomic mass is 10.1. The lowest BCUT2D eigenvalue weighted by Gasteiger charge is -2.26. The van der Waals surface area contributed by atoms with E-state index >= 15 is 0 Å². The standard InChI is InChI=1S/C14H20O2Si/c1-17(2,3)16-14-12(9-10-15-14)13(14)11-7-5-4-6-8-11/h4-8,12-13H,9-10H2,1-3H3/t12-,13+,14+/m0/s1. The molecule has 0 unspecified atom stereocenters. The summed E-state index contributed by atoms with van der Waals surface area (Å²) in [6.07, 6.45) is 1.14. The van der Waals surface area contributed by atoms with Gasteiger partial charge in [0.25, 0.3) is 0 Å². The van der Waals surface area contributed by atoms with Gasteiger partial charge in [-0.25, -0.2) is 0 Å². The van der Waals surface area contributed by atoms with Gasteiger partial charge in [0.15, 0.2) is 14.1 Å². The summed E-state index contributed by atoms with van der Waals surface area (Å²) in [5.41, 5.74) is 1.37. The van der Waals surface area contributed by atoms with Gasteiger partial charge in [0.05, 0.1) is 6.61 Å². The first-order chi connectivity index (χ1) is 8.03. The largest absolute Gasteiger partial charge is 0.390 e. The van der Waals surface area contributed by atoms with Crippen molar-refractivity contribution in [3.8, 4) is 0 Å². The summed E-state index contributed by atoms with van der Waals surface area (Å²) >= 11 is 0. The van der Waals surface area contributed by atoms with Gasteiger partial charge in [-0.15, -0.1) is 0 Å². The molecule has 0 N–H and O–H groups in total. The van der Waals surface area contributed by atoms with E-state index < -0.39 is 8.32 Å². The highest BCUT2D eigenvalue weighted by Crippen LogP contribution is 2.66. The molecule has 0 bridgehead atoms. The van der Waals surface area contributed by atoms with Gasteiger partial charge in [-0.05, 0) is 31.6 Å². The molecule has 1 aromatic carbocycles. The number of hydrogen-bond acceptors (Lipinski definition) is 2. The second kappa shape index (κ2) is 3.67. The average Bonchev–Trinajstić information content (AvgIpc) is 2.65. The predicted octanol–water partition coefficient (Wildman–Crippen LogP) is 3.37. The maximum atomic E-state index is 6.34. The van der Waals surface area contributed by atoms with Gasteiger partial charge in [-0.3, -0.25) is 0 Å². The number of hydrogen-bond donors (Lipinski definition) is 0. The van der Waals surface area contributed by atoms with Crippen LogP contribution < -0.4 is 0 Å². The van der Waals surface area contributed by atoms with Gasteiger partial charge in [-0.1, -0.05) is 30.3 Å². The van der Waals surface area contributed by atoms with Gasteiger partial charge >= 0.3 is 0 Å². The zero-order chi connectivity index (χ0) is 12.1. The van der Waals surface area contributed by atoms with E-state index in [9.17, 15) is 0 Å². The molecule has 0 spiro atoms. The van der Waals surface area contributed by atoms with Crippen molar-refractivity contribution >= 4 is 8.32 Å². The smallest absolute Gasteiger partial charge is 0.187 e.